The Morgan fingerprint density at radius 2 is 1.53 bits per heavy atom. The van der Waals surface area contributed by atoms with Crippen LogP contribution in [0.5, 0.6) is 0 Å². The molecule has 1 fully saturated rings. The number of nitrogens with one attached hydrogen (secondary N) is 2. The van der Waals surface area contributed by atoms with Gasteiger partial charge in [-0.2, -0.15) is 0 Å². The first-order valence-corrected chi connectivity index (χ1v) is 7.03. The van der Waals surface area contributed by atoms with Gasteiger partial charge in [0, 0.05) is 28.5 Å². The van der Waals surface area contributed by atoms with Crippen LogP contribution in [0.4, 0.5) is 5.95 Å². The van der Waals surface area contributed by atoms with Crippen LogP contribution in [0.2, 0.25) is 0 Å². The summed E-state index contributed by atoms with van der Waals surface area (Å²) in [6.07, 6.45) is 2.15. The maximum Gasteiger partial charge on any atom is 0.223 e. The van der Waals surface area contributed by atoms with E-state index in [0.717, 1.165) is 30.2 Å². The summed E-state index contributed by atoms with van der Waals surface area (Å²) < 4.78 is 0. The van der Waals surface area contributed by atoms with Crippen molar-refractivity contribution in [3.8, 4) is 0 Å². The minimum Gasteiger partial charge on any atom is -0.351 e. The van der Waals surface area contributed by atoms with Gasteiger partial charge in [0.25, 0.3) is 0 Å². The SMILES string of the molecule is Cc1cc(C)nc(NC2CC(C)(C)NC(C)(C)C2)n1. The van der Waals surface area contributed by atoms with Crippen molar-refractivity contribution >= 4 is 5.95 Å². The van der Waals surface area contributed by atoms with Crippen molar-refractivity contribution in [3.05, 3.63) is 17.5 Å². The van der Waals surface area contributed by atoms with Gasteiger partial charge >= 0.3 is 0 Å². The second-order valence-electron chi connectivity index (χ2n) is 7.12. The first-order chi connectivity index (χ1) is 8.65. The molecule has 1 aliphatic rings. The minimum atomic E-state index is 0.137. The Hall–Kier alpha value is -1.16. The summed E-state index contributed by atoms with van der Waals surface area (Å²) in [7, 11) is 0. The number of hydrogen-bond donors (Lipinski definition) is 2. The fourth-order valence-corrected chi connectivity index (χ4v) is 3.40. The Bertz CT molecular complexity index is 429. The van der Waals surface area contributed by atoms with E-state index in [4.69, 9.17) is 0 Å². The second-order valence-corrected chi connectivity index (χ2v) is 7.12. The van der Waals surface area contributed by atoms with E-state index in [0.29, 0.717) is 6.04 Å². The predicted octanol–water partition coefficient (Wildman–Crippen LogP) is 2.81. The molecule has 0 saturated carbocycles. The molecule has 0 bridgehead atoms. The molecule has 0 atom stereocenters. The topological polar surface area (TPSA) is 49.8 Å². The molecule has 0 spiro atoms. The lowest BCUT2D eigenvalue weighted by Crippen LogP contribution is -2.60. The number of piperidine rings is 1. The molecule has 19 heavy (non-hydrogen) atoms. The molecule has 0 aromatic carbocycles. The highest BCUT2D eigenvalue weighted by Crippen LogP contribution is 2.29. The van der Waals surface area contributed by atoms with Gasteiger partial charge in [-0.05, 0) is 60.5 Å². The van der Waals surface area contributed by atoms with Crippen LogP contribution in [0.15, 0.2) is 6.07 Å². The van der Waals surface area contributed by atoms with Crippen molar-refractivity contribution in [2.75, 3.05) is 5.32 Å². The summed E-state index contributed by atoms with van der Waals surface area (Å²) in [6.45, 7) is 13.0. The van der Waals surface area contributed by atoms with Crippen LogP contribution < -0.4 is 10.6 Å². The van der Waals surface area contributed by atoms with E-state index >= 15 is 0 Å². The van der Waals surface area contributed by atoms with Gasteiger partial charge < -0.3 is 10.6 Å². The number of nitrogens with zero attached hydrogens (tertiary/aromatic N) is 2. The molecular formula is C15H26N4. The van der Waals surface area contributed by atoms with Gasteiger partial charge in [0.05, 0.1) is 0 Å². The zero-order valence-electron chi connectivity index (χ0n) is 13.0. The maximum absolute atomic E-state index is 4.48. The lowest BCUT2D eigenvalue weighted by Gasteiger charge is -2.46. The third-order valence-electron chi connectivity index (χ3n) is 3.51. The van der Waals surface area contributed by atoms with Crippen LogP contribution in [0.25, 0.3) is 0 Å². The van der Waals surface area contributed by atoms with Gasteiger partial charge in [-0.1, -0.05) is 0 Å². The molecule has 0 amide bonds. The van der Waals surface area contributed by atoms with Gasteiger partial charge in [0.1, 0.15) is 0 Å². The smallest absolute Gasteiger partial charge is 0.223 e. The monoisotopic (exact) mass is 262 g/mol. The maximum atomic E-state index is 4.48. The molecule has 1 aromatic heterocycles. The Balaban J connectivity index is 2.14. The zero-order chi connectivity index (χ0) is 14.3. The first kappa shape index (κ1) is 14.3. The van der Waals surface area contributed by atoms with Crippen LogP contribution in [0.3, 0.4) is 0 Å². The van der Waals surface area contributed by atoms with Crippen molar-refractivity contribution in [3.63, 3.8) is 0 Å². The fraction of sp³-hybridized carbons (Fsp3) is 0.733. The number of aromatic nitrogens is 2. The van der Waals surface area contributed by atoms with Crippen molar-refractivity contribution in [1.82, 2.24) is 15.3 Å². The van der Waals surface area contributed by atoms with Crippen LogP contribution in [0, 0.1) is 13.8 Å². The Morgan fingerprint density at radius 1 is 1.05 bits per heavy atom. The number of hydrogen-bond acceptors (Lipinski definition) is 4. The van der Waals surface area contributed by atoms with Crippen molar-refractivity contribution in [1.29, 1.82) is 0 Å². The minimum absolute atomic E-state index is 0.137. The van der Waals surface area contributed by atoms with Crippen LogP contribution in [-0.4, -0.2) is 27.1 Å². The van der Waals surface area contributed by atoms with E-state index in [9.17, 15) is 0 Å². The first-order valence-electron chi connectivity index (χ1n) is 7.03. The number of anilines is 1. The molecule has 4 nitrogen and oxygen atoms in total. The van der Waals surface area contributed by atoms with Crippen LogP contribution in [0.1, 0.15) is 51.9 Å². The summed E-state index contributed by atoms with van der Waals surface area (Å²) >= 11 is 0. The standard InChI is InChI=1S/C15H26N4/c1-10-7-11(2)17-13(16-10)18-12-8-14(3,4)19-15(5,6)9-12/h7,12,19H,8-9H2,1-6H3,(H,16,17,18). The molecule has 2 N–H and O–H groups in total. The lowest BCUT2D eigenvalue weighted by atomic mass is 9.80. The van der Waals surface area contributed by atoms with Gasteiger partial charge in [-0.15, -0.1) is 0 Å². The van der Waals surface area contributed by atoms with E-state index in [-0.39, 0.29) is 11.1 Å². The average molecular weight is 262 g/mol. The summed E-state index contributed by atoms with van der Waals surface area (Å²) in [5.74, 6) is 0.760. The summed E-state index contributed by atoms with van der Waals surface area (Å²) in [6, 6.07) is 2.41. The van der Waals surface area contributed by atoms with Crippen LogP contribution >= 0.6 is 0 Å². The highest BCUT2D eigenvalue weighted by Gasteiger charge is 2.37. The lowest BCUT2D eigenvalue weighted by molar-refractivity contribution is 0.170. The van der Waals surface area contributed by atoms with E-state index in [1.54, 1.807) is 0 Å². The summed E-state index contributed by atoms with van der Waals surface area (Å²) in [4.78, 5) is 8.96. The molecule has 106 valence electrons. The van der Waals surface area contributed by atoms with Crippen LogP contribution in [-0.2, 0) is 0 Å². The van der Waals surface area contributed by atoms with Crippen molar-refractivity contribution in [2.45, 2.75) is 71.5 Å². The summed E-state index contributed by atoms with van der Waals surface area (Å²) in [5.41, 5.74) is 2.31. The fourth-order valence-electron chi connectivity index (χ4n) is 3.40. The van der Waals surface area contributed by atoms with E-state index < -0.39 is 0 Å². The Labute approximate surface area is 116 Å². The quantitative estimate of drug-likeness (QED) is 0.860. The molecule has 4 heteroatoms. The normalized spacial score (nSPS) is 22.2. The summed E-state index contributed by atoms with van der Waals surface area (Å²) in [5, 5.41) is 7.20. The Morgan fingerprint density at radius 3 is 2.00 bits per heavy atom. The molecule has 1 aliphatic heterocycles. The van der Waals surface area contributed by atoms with E-state index in [1.165, 1.54) is 0 Å². The van der Waals surface area contributed by atoms with Gasteiger partial charge in [-0.3, -0.25) is 0 Å². The van der Waals surface area contributed by atoms with Gasteiger partial charge in [-0.25, -0.2) is 9.97 Å². The zero-order valence-corrected chi connectivity index (χ0v) is 13.0. The predicted molar refractivity (Wildman–Crippen MR) is 79.4 cm³/mol. The molecular weight excluding hydrogens is 236 g/mol. The average Bonchev–Trinajstić information content (AvgIpc) is 2.08. The molecule has 0 unspecified atom stereocenters. The largest absolute Gasteiger partial charge is 0.351 e. The molecule has 2 heterocycles. The highest BCUT2D eigenvalue weighted by atomic mass is 15.2. The number of aryl methyl sites for hydroxylation is 2. The molecule has 0 radical (unpaired) electrons. The van der Waals surface area contributed by atoms with E-state index in [2.05, 4.69) is 48.3 Å². The Kier molecular flexibility index (Phi) is 3.56. The van der Waals surface area contributed by atoms with E-state index in [1.807, 2.05) is 19.9 Å². The second kappa shape index (κ2) is 4.75. The van der Waals surface area contributed by atoms with Gasteiger partial charge in [0.2, 0.25) is 5.95 Å². The van der Waals surface area contributed by atoms with Crippen molar-refractivity contribution < 1.29 is 0 Å². The molecule has 1 saturated heterocycles. The molecule has 2 rings (SSSR count). The third kappa shape index (κ3) is 3.90. The molecule has 1 aromatic rings. The highest BCUT2D eigenvalue weighted by molar-refractivity contribution is 5.30. The third-order valence-corrected chi connectivity index (χ3v) is 3.51. The van der Waals surface area contributed by atoms with Gasteiger partial charge in [0.15, 0.2) is 0 Å². The van der Waals surface area contributed by atoms with Crippen molar-refractivity contribution in [2.24, 2.45) is 0 Å². The number of rotatable bonds is 2. The molecule has 0 aliphatic carbocycles.